The minimum atomic E-state index is -4.46. The number of benzene rings is 1. The fourth-order valence-corrected chi connectivity index (χ4v) is 2.85. The Morgan fingerprint density at radius 3 is 2.76 bits per heavy atom. The van der Waals surface area contributed by atoms with Gasteiger partial charge >= 0.3 is 6.18 Å². The Balaban J connectivity index is 1.66. The van der Waals surface area contributed by atoms with Crippen molar-refractivity contribution in [2.45, 2.75) is 18.7 Å². The third-order valence-electron chi connectivity index (χ3n) is 3.89. The van der Waals surface area contributed by atoms with Crippen molar-refractivity contribution in [2.24, 2.45) is 0 Å². The van der Waals surface area contributed by atoms with Crippen LogP contribution in [-0.2, 0) is 6.18 Å². The van der Waals surface area contributed by atoms with Crippen molar-refractivity contribution in [1.82, 2.24) is 9.88 Å². The first-order chi connectivity index (χ1) is 11.8. The molecule has 0 spiro atoms. The summed E-state index contributed by atoms with van der Waals surface area (Å²) >= 11 is 6.03. The second kappa shape index (κ2) is 6.92. The summed E-state index contributed by atoms with van der Waals surface area (Å²) in [4.78, 5) is 17.9. The van der Waals surface area contributed by atoms with Crippen LogP contribution in [0.25, 0.3) is 0 Å². The molecule has 1 atom stereocenters. The fraction of sp³-hybridized carbons (Fsp3) is 0.294. The lowest BCUT2D eigenvalue weighted by atomic mass is 10.2. The van der Waals surface area contributed by atoms with Crippen molar-refractivity contribution < 1.29 is 22.7 Å². The number of nitrogens with zero attached hydrogens (tertiary/aromatic N) is 2. The molecule has 1 aromatic carbocycles. The van der Waals surface area contributed by atoms with E-state index in [9.17, 15) is 18.0 Å². The molecule has 1 aromatic heterocycles. The van der Waals surface area contributed by atoms with E-state index in [0.29, 0.717) is 23.6 Å². The molecule has 132 valence electrons. The molecule has 0 saturated carbocycles. The summed E-state index contributed by atoms with van der Waals surface area (Å²) in [5.41, 5.74) is -0.429. The van der Waals surface area contributed by atoms with Gasteiger partial charge in [-0.2, -0.15) is 13.2 Å². The quantitative estimate of drug-likeness (QED) is 0.818. The number of halogens is 4. The standard InChI is InChI=1S/C17H14ClF3N2O2/c18-14-4-2-1-3-13(14)16(24)23-8-6-12(10-23)25-15-9-11(5-7-22-15)17(19,20)21/h1-5,7,9,12H,6,8,10H2. The number of hydrogen-bond acceptors (Lipinski definition) is 3. The van der Waals surface area contributed by atoms with Crippen LogP contribution in [0.5, 0.6) is 5.88 Å². The highest BCUT2D eigenvalue weighted by atomic mass is 35.5. The Morgan fingerprint density at radius 2 is 2.04 bits per heavy atom. The van der Waals surface area contributed by atoms with Crippen LogP contribution in [0.1, 0.15) is 22.3 Å². The molecule has 4 nitrogen and oxygen atoms in total. The van der Waals surface area contributed by atoms with E-state index >= 15 is 0 Å². The number of aromatic nitrogens is 1. The van der Waals surface area contributed by atoms with Gasteiger partial charge < -0.3 is 9.64 Å². The highest BCUT2D eigenvalue weighted by Gasteiger charge is 2.32. The molecule has 1 aliphatic rings. The molecule has 1 fully saturated rings. The fourth-order valence-electron chi connectivity index (χ4n) is 2.63. The largest absolute Gasteiger partial charge is 0.472 e. The van der Waals surface area contributed by atoms with Crippen molar-refractivity contribution in [1.29, 1.82) is 0 Å². The summed E-state index contributed by atoms with van der Waals surface area (Å²) in [7, 11) is 0. The highest BCUT2D eigenvalue weighted by Crippen LogP contribution is 2.31. The second-order valence-electron chi connectivity index (χ2n) is 5.64. The predicted molar refractivity (Wildman–Crippen MR) is 85.6 cm³/mol. The van der Waals surface area contributed by atoms with Crippen LogP contribution in [0, 0.1) is 0 Å². The number of alkyl halides is 3. The number of ether oxygens (including phenoxy) is 1. The Hall–Kier alpha value is -2.28. The summed E-state index contributed by atoms with van der Waals surface area (Å²) < 4.78 is 43.7. The lowest BCUT2D eigenvalue weighted by Gasteiger charge is -2.18. The molecule has 3 rings (SSSR count). The van der Waals surface area contributed by atoms with Crippen LogP contribution in [0.15, 0.2) is 42.6 Å². The zero-order valence-corrected chi connectivity index (χ0v) is 13.7. The van der Waals surface area contributed by atoms with Gasteiger partial charge in [-0.3, -0.25) is 4.79 Å². The average Bonchev–Trinajstić information content (AvgIpc) is 3.03. The minimum absolute atomic E-state index is 0.105. The van der Waals surface area contributed by atoms with Gasteiger partial charge in [0.05, 0.1) is 22.7 Å². The number of hydrogen-bond donors (Lipinski definition) is 0. The molecule has 1 aliphatic heterocycles. The molecule has 1 saturated heterocycles. The Morgan fingerprint density at radius 1 is 1.28 bits per heavy atom. The first-order valence-electron chi connectivity index (χ1n) is 7.58. The smallest absolute Gasteiger partial charge is 0.416 e. The van der Waals surface area contributed by atoms with Gasteiger partial charge in [-0.15, -0.1) is 0 Å². The van der Waals surface area contributed by atoms with Crippen molar-refractivity contribution in [3.63, 3.8) is 0 Å². The van der Waals surface area contributed by atoms with Gasteiger partial charge in [0.2, 0.25) is 5.88 Å². The number of pyridine rings is 1. The first-order valence-corrected chi connectivity index (χ1v) is 7.96. The average molecular weight is 371 g/mol. The molecule has 0 N–H and O–H groups in total. The topological polar surface area (TPSA) is 42.4 Å². The highest BCUT2D eigenvalue weighted by molar-refractivity contribution is 6.33. The lowest BCUT2D eigenvalue weighted by Crippen LogP contribution is -2.31. The zero-order valence-electron chi connectivity index (χ0n) is 13.0. The van der Waals surface area contributed by atoms with Gasteiger partial charge in [0, 0.05) is 25.2 Å². The predicted octanol–water partition coefficient (Wildman–Crippen LogP) is 4.05. The normalized spacial score (nSPS) is 17.6. The van der Waals surface area contributed by atoms with Gasteiger partial charge in [-0.1, -0.05) is 23.7 Å². The molecule has 0 aliphatic carbocycles. The first kappa shape index (κ1) is 17.5. The molecule has 2 aromatic rings. The SMILES string of the molecule is O=C(c1ccccc1Cl)N1CCC(Oc2cc(C(F)(F)F)ccn2)C1. The van der Waals surface area contributed by atoms with E-state index in [1.807, 2.05) is 0 Å². The third kappa shape index (κ3) is 4.04. The maximum absolute atomic E-state index is 12.7. The zero-order chi connectivity index (χ0) is 18.0. The van der Waals surface area contributed by atoms with Gasteiger partial charge in [0.1, 0.15) is 6.10 Å². The summed E-state index contributed by atoms with van der Waals surface area (Å²) in [6.45, 7) is 0.704. The van der Waals surface area contributed by atoms with Crippen LogP contribution >= 0.6 is 11.6 Å². The molecule has 8 heteroatoms. The van der Waals surface area contributed by atoms with Crippen molar-refractivity contribution in [2.75, 3.05) is 13.1 Å². The van der Waals surface area contributed by atoms with E-state index in [4.69, 9.17) is 16.3 Å². The Labute approximate surface area is 147 Å². The van der Waals surface area contributed by atoms with Gasteiger partial charge in [0.15, 0.2) is 0 Å². The van der Waals surface area contributed by atoms with Crippen LogP contribution < -0.4 is 4.74 Å². The molecule has 0 bridgehead atoms. The maximum Gasteiger partial charge on any atom is 0.416 e. The summed E-state index contributed by atoms with van der Waals surface area (Å²) in [6.07, 6.45) is -3.31. The number of rotatable bonds is 3. The molecular formula is C17H14ClF3N2O2. The minimum Gasteiger partial charge on any atom is -0.472 e. The van der Waals surface area contributed by atoms with Gasteiger partial charge in [-0.25, -0.2) is 4.98 Å². The summed E-state index contributed by atoms with van der Waals surface area (Å²) in [5, 5.41) is 0.358. The molecular weight excluding hydrogens is 357 g/mol. The van der Waals surface area contributed by atoms with Gasteiger partial charge in [0.25, 0.3) is 5.91 Å². The van der Waals surface area contributed by atoms with Crippen LogP contribution in [0.2, 0.25) is 5.02 Å². The van der Waals surface area contributed by atoms with Crippen LogP contribution in [-0.4, -0.2) is 35.0 Å². The van der Waals surface area contributed by atoms with Crippen molar-refractivity contribution in [3.8, 4) is 5.88 Å². The second-order valence-corrected chi connectivity index (χ2v) is 6.05. The van der Waals surface area contributed by atoms with Crippen LogP contribution in [0.3, 0.4) is 0 Å². The molecule has 0 radical (unpaired) electrons. The molecule has 1 amide bonds. The van der Waals surface area contributed by atoms with E-state index < -0.39 is 17.8 Å². The number of carbonyl (C=O) groups is 1. The van der Waals surface area contributed by atoms with Crippen molar-refractivity contribution in [3.05, 3.63) is 58.7 Å². The summed E-state index contributed by atoms with van der Waals surface area (Å²) in [5.74, 6) is -0.333. The van der Waals surface area contributed by atoms with E-state index in [0.717, 1.165) is 18.3 Å². The van der Waals surface area contributed by atoms with E-state index in [1.54, 1.807) is 29.2 Å². The number of likely N-dealkylation sites (tertiary alicyclic amines) is 1. The third-order valence-corrected chi connectivity index (χ3v) is 4.22. The monoisotopic (exact) mass is 370 g/mol. The molecule has 2 heterocycles. The van der Waals surface area contributed by atoms with E-state index in [2.05, 4.69) is 4.98 Å². The Kier molecular flexibility index (Phi) is 4.85. The van der Waals surface area contributed by atoms with E-state index in [-0.39, 0.29) is 18.3 Å². The van der Waals surface area contributed by atoms with Crippen LogP contribution in [0.4, 0.5) is 13.2 Å². The molecule has 25 heavy (non-hydrogen) atoms. The van der Waals surface area contributed by atoms with E-state index in [1.165, 1.54) is 0 Å². The van der Waals surface area contributed by atoms with Gasteiger partial charge in [-0.05, 0) is 18.2 Å². The lowest BCUT2D eigenvalue weighted by molar-refractivity contribution is -0.137. The summed E-state index contributed by atoms with van der Waals surface area (Å²) in [6, 6.07) is 8.45. The maximum atomic E-state index is 12.7. The number of carbonyl (C=O) groups excluding carboxylic acids is 1. The Bertz CT molecular complexity index is 782. The number of amides is 1. The molecule has 1 unspecified atom stereocenters. The van der Waals surface area contributed by atoms with Crippen molar-refractivity contribution >= 4 is 17.5 Å².